The minimum Gasteiger partial charge on any atom is -0.309 e. The fourth-order valence-corrected chi connectivity index (χ4v) is 8.28. The van der Waals surface area contributed by atoms with Crippen molar-refractivity contribution in [3.05, 3.63) is 206 Å². The van der Waals surface area contributed by atoms with E-state index in [0.29, 0.717) is 5.82 Å². The lowest BCUT2D eigenvalue weighted by molar-refractivity contribution is 1.18. The standard InChI is InChI=1S/C53H34N4/c1-5-15-36(16-6-1)47-34-48(56-53(55-47)39-19-9-3-10-20-39)37-27-25-35(26-28-37)40-29-30-42-43-31-32-45-50(52(43)57(49(42)33-40)41-21-11-4-12-22-41)44-23-13-14-24-46(44)54-51(45)38-17-7-2-8-18-38/h1-34H. The van der Waals surface area contributed by atoms with Crippen molar-refractivity contribution < 1.29 is 0 Å². The van der Waals surface area contributed by atoms with Crippen LogP contribution in [0.5, 0.6) is 0 Å². The molecule has 57 heavy (non-hydrogen) atoms. The normalized spacial score (nSPS) is 11.5. The van der Waals surface area contributed by atoms with Gasteiger partial charge in [-0.05, 0) is 41.5 Å². The maximum absolute atomic E-state index is 5.24. The van der Waals surface area contributed by atoms with Gasteiger partial charge in [0.05, 0.1) is 33.6 Å². The molecule has 0 aliphatic carbocycles. The van der Waals surface area contributed by atoms with Gasteiger partial charge in [-0.25, -0.2) is 15.0 Å². The Morgan fingerprint density at radius 2 is 0.860 bits per heavy atom. The van der Waals surface area contributed by atoms with Crippen LogP contribution in [0.2, 0.25) is 0 Å². The SMILES string of the molecule is c1ccc(-c2cc(-c3ccc(-c4ccc5c6ccc7c(-c8ccccc8)nc8ccccc8c7c6n(-c6ccccc6)c5c4)cc3)nc(-c3ccccc3)n2)cc1. The molecule has 3 aromatic heterocycles. The van der Waals surface area contributed by atoms with Gasteiger partial charge in [-0.15, -0.1) is 0 Å². The van der Waals surface area contributed by atoms with Gasteiger partial charge in [0, 0.05) is 54.9 Å². The summed E-state index contributed by atoms with van der Waals surface area (Å²) in [5.41, 5.74) is 13.7. The first-order valence-corrected chi connectivity index (χ1v) is 19.3. The van der Waals surface area contributed by atoms with E-state index in [4.69, 9.17) is 15.0 Å². The second-order valence-electron chi connectivity index (χ2n) is 14.4. The molecule has 0 amide bonds. The lowest BCUT2D eigenvalue weighted by atomic mass is 9.97. The number of aromatic nitrogens is 4. The van der Waals surface area contributed by atoms with E-state index in [1.807, 2.05) is 36.4 Å². The number of nitrogens with zero attached hydrogens (tertiary/aromatic N) is 4. The highest BCUT2D eigenvalue weighted by Crippen LogP contribution is 2.43. The summed E-state index contributed by atoms with van der Waals surface area (Å²) in [4.78, 5) is 15.3. The molecular weight excluding hydrogens is 693 g/mol. The number of hydrogen-bond acceptors (Lipinski definition) is 3. The molecule has 8 aromatic carbocycles. The smallest absolute Gasteiger partial charge is 0.160 e. The van der Waals surface area contributed by atoms with Crippen molar-refractivity contribution >= 4 is 43.5 Å². The van der Waals surface area contributed by atoms with Crippen molar-refractivity contribution in [1.82, 2.24) is 19.5 Å². The van der Waals surface area contributed by atoms with E-state index in [2.05, 4.69) is 174 Å². The maximum atomic E-state index is 5.24. The Morgan fingerprint density at radius 3 is 1.56 bits per heavy atom. The Kier molecular flexibility index (Phi) is 7.78. The predicted octanol–water partition coefficient (Wildman–Crippen LogP) is 13.6. The molecular formula is C53H34N4. The molecule has 0 fully saturated rings. The highest BCUT2D eigenvalue weighted by molar-refractivity contribution is 6.27. The van der Waals surface area contributed by atoms with Gasteiger partial charge in [0.25, 0.3) is 0 Å². The Bertz CT molecular complexity index is 3190. The van der Waals surface area contributed by atoms with Gasteiger partial charge < -0.3 is 4.57 Å². The molecule has 11 rings (SSSR count). The van der Waals surface area contributed by atoms with E-state index in [9.17, 15) is 0 Å². The summed E-state index contributed by atoms with van der Waals surface area (Å²) in [5, 5.41) is 5.91. The van der Waals surface area contributed by atoms with Gasteiger partial charge in [-0.3, -0.25) is 0 Å². The van der Waals surface area contributed by atoms with Crippen LogP contribution in [0.25, 0.3) is 105 Å². The van der Waals surface area contributed by atoms with E-state index < -0.39 is 0 Å². The highest BCUT2D eigenvalue weighted by atomic mass is 15.0. The Labute approximate surface area is 330 Å². The van der Waals surface area contributed by atoms with Crippen molar-refractivity contribution in [2.45, 2.75) is 0 Å². The monoisotopic (exact) mass is 726 g/mol. The van der Waals surface area contributed by atoms with Crippen LogP contribution in [0.4, 0.5) is 0 Å². The lowest BCUT2D eigenvalue weighted by Crippen LogP contribution is -1.96. The van der Waals surface area contributed by atoms with Gasteiger partial charge in [0.15, 0.2) is 5.82 Å². The topological polar surface area (TPSA) is 43.6 Å². The van der Waals surface area contributed by atoms with Crippen LogP contribution in [0.1, 0.15) is 0 Å². The van der Waals surface area contributed by atoms with Gasteiger partial charge >= 0.3 is 0 Å². The van der Waals surface area contributed by atoms with Crippen molar-refractivity contribution in [2.24, 2.45) is 0 Å². The van der Waals surface area contributed by atoms with Crippen LogP contribution in [0, 0.1) is 0 Å². The third kappa shape index (κ3) is 5.66. The molecule has 0 spiro atoms. The molecule has 0 N–H and O–H groups in total. The third-order valence-electron chi connectivity index (χ3n) is 11.0. The summed E-state index contributed by atoms with van der Waals surface area (Å²) < 4.78 is 2.45. The van der Waals surface area contributed by atoms with Crippen LogP contribution in [-0.2, 0) is 0 Å². The fraction of sp³-hybridized carbons (Fsp3) is 0. The van der Waals surface area contributed by atoms with Crippen molar-refractivity contribution in [3.8, 4) is 62.0 Å². The van der Waals surface area contributed by atoms with Crippen molar-refractivity contribution in [2.75, 3.05) is 0 Å². The van der Waals surface area contributed by atoms with Crippen LogP contribution in [0.3, 0.4) is 0 Å². The first-order valence-electron chi connectivity index (χ1n) is 19.3. The second kappa shape index (κ2) is 13.6. The molecule has 266 valence electrons. The molecule has 0 unspecified atom stereocenters. The average molecular weight is 727 g/mol. The van der Waals surface area contributed by atoms with Crippen LogP contribution in [-0.4, -0.2) is 19.5 Å². The maximum Gasteiger partial charge on any atom is 0.160 e. The quantitative estimate of drug-likeness (QED) is 0.160. The molecule has 0 aliphatic heterocycles. The Morgan fingerprint density at radius 1 is 0.333 bits per heavy atom. The molecule has 4 heteroatoms. The zero-order chi connectivity index (χ0) is 37.7. The zero-order valence-corrected chi connectivity index (χ0v) is 30.9. The third-order valence-corrected chi connectivity index (χ3v) is 11.0. The highest BCUT2D eigenvalue weighted by Gasteiger charge is 2.20. The summed E-state index contributed by atoms with van der Waals surface area (Å²) in [6, 6.07) is 72.6. The molecule has 0 aliphatic rings. The molecule has 11 aromatic rings. The zero-order valence-electron chi connectivity index (χ0n) is 30.9. The number of fused-ring (bicyclic) bond motifs is 7. The van der Waals surface area contributed by atoms with Crippen LogP contribution < -0.4 is 0 Å². The van der Waals surface area contributed by atoms with Crippen molar-refractivity contribution in [1.29, 1.82) is 0 Å². The Hall–Kier alpha value is -7.69. The predicted molar refractivity (Wildman–Crippen MR) is 236 cm³/mol. The second-order valence-corrected chi connectivity index (χ2v) is 14.4. The molecule has 3 heterocycles. The Balaban J connectivity index is 1.09. The number of para-hydroxylation sites is 2. The van der Waals surface area contributed by atoms with E-state index >= 15 is 0 Å². The summed E-state index contributed by atoms with van der Waals surface area (Å²) >= 11 is 0. The van der Waals surface area contributed by atoms with Crippen molar-refractivity contribution in [3.63, 3.8) is 0 Å². The number of hydrogen-bond donors (Lipinski definition) is 0. The molecule has 4 nitrogen and oxygen atoms in total. The average Bonchev–Trinajstić information content (AvgIpc) is 3.63. The molecule has 0 bridgehead atoms. The largest absolute Gasteiger partial charge is 0.309 e. The van der Waals surface area contributed by atoms with Crippen LogP contribution >= 0.6 is 0 Å². The van der Waals surface area contributed by atoms with E-state index in [-0.39, 0.29) is 0 Å². The van der Waals surface area contributed by atoms with E-state index in [1.165, 1.54) is 21.7 Å². The molecule has 0 radical (unpaired) electrons. The van der Waals surface area contributed by atoms with Crippen LogP contribution in [0.15, 0.2) is 206 Å². The first-order chi connectivity index (χ1) is 28.3. The minimum atomic E-state index is 0.710. The summed E-state index contributed by atoms with van der Waals surface area (Å²) in [6.07, 6.45) is 0. The molecule has 0 atom stereocenters. The number of rotatable bonds is 6. The molecule has 0 saturated carbocycles. The van der Waals surface area contributed by atoms with Gasteiger partial charge in [-0.2, -0.15) is 0 Å². The van der Waals surface area contributed by atoms with Gasteiger partial charge in [0.1, 0.15) is 0 Å². The lowest BCUT2D eigenvalue weighted by Gasteiger charge is -2.14. The summed E-state index contributed by atoms with van der Waals surface area (Å²) in [5.74, 6) is 0.710. The van der Waals surface area contributed by atoms with E-state index in [1.54, 1.807) is 0 Å². The molecule has 0 saturated heterocycles. The fourth-order valence-electron chi connectivity index (χ4n) is 8.28. The first kappa shape index (κ1) is 32.7. The number of benzene rings is 8. The van der Waals surface area contributed by atoms with Gasteiger partial charge in [0.2, 0.25) is 0 Å². The summed E-state index contributed by atoms with van der Waals surface area (Å²) in [7, 11) is 0. The minimum absolute atomic E-state index is 0.710. The number of pyridine rings is 1. The summed E-state index contributed by atoms with van der Waals surface area (Å²) in [6.45, 7) is 0. The van der Waals surface area contributed by atoms with E-state index in [0.717, 1.165) is 78.0 Å². The van der Waals surface area contributed by atoms with Gasteiger partial charge in [-0.1, -0.05) is 176 Å².